The molecule has 0 heterocycles. The fraction of sp³-hybridized carbons (Fsp3) is 0.308. The van der Waals surface area contributed by atoms with Crippen LogP contribution in [0.2, 0.25) is 0 Å². The van der Waals surface area contributed by atoms with Gasteiger partial charge in [0.1, 0.15) is 0 Å². The van der Waals surface area contributed by atoms with Gasteiger partial charge in [-0.15, -0.1) is 6.58 Å². The third-order valence-electron chi connectivity index (χ3n) is 2.24. The van der Waals surface area contributed by atoms with Crippen LogP contribution in [-0.2, 0) is 6.54 Å². The Kier molecular flexibility index (Phi) is 5.05. The van der Waals surface area contributed by atoms with Gasteiger partial charge in [0.15, 0.2) is 0 Å². The molecule has 1 aromatic carbocycles. The number of thiocarbonyl (C=S) groups is 1. The molecule has 0 aromatic heterocycles. The maximum absolute atomic E-state index is 5.24. The van der Waals surface area contributed by atoms with E-state index in [1.165, 1.54) is 5.56 Å². The molecule has 0 spiro atoms. The molecule has 0 fully saturated rings. The van der Waals surface area contributed by atoms with Gasteiger partial charge in [0, 0.05) is 13.0 Å². The van der Waals surface area contributed by atoms with Crippen molar-refractivity contribution in [1.29, 1.82) is 0 Å². The van der Waals surface area contributed by atoms with Crippen LogP contribution in [0.15, 0.2) is 43.0 Å². The molecule has 1 nitrogen and oxygen atoms in total. The molecule has 0 radical (unpaired) electrons. The summed E-state index contributed by atoms with van der Waals surface area (Å²) in [7, 11) is 0. The molecule has 15 heavy (non-hydrogen) atoms. The van der Waals surface area contributed by atoms with E-state index in [0.717, 1.165) is 18.0 Å². The Morgan fingerprint density at radius 2 is 2.13 bits per heavy atom. The largest absolute Gasteiger partial charge is 0.376 e. The molecule has 1 N–H and O–H groups in total. The van der Waals surface area contributed by atoms with Crippen molar-refractivity contribution in [2.75, 3.05) is 0 Å². The summed E-state index contributed by atoms with van der Waals surface area (Å²) in [6, 6.07) is 10.3. The predicted molar refractivity (Wildman–Crippen MR) is 69.9 cm³/mol. The third-order valence-corrected chi connectivity index (χ3v) is 2.55. The molecule has 0 bridgehead atoms. The van der Waals surface area contributed by atoms with E-state index in [-0.39, 0.29) is 0 Å². The zero-order valence-electron chi connectivity index (χ0n) is 9.07. The van der Waals surface area contributed by atoms with Crippen LogP contribution in [0.5, 0.6) is 0 Å². The van der Waals surface area contributed by atoms with Crippen LogP contribution < -0.4 is 5.32 Å². The molecule has 0 amide bonds. The van der Waals surface area contributed by atoms with Crippen LogP contribution in [-0.4, -0.2) is 4.99 Å². The highest BCUT2D eigenvalue weighted by Crippen LogP contribution is 2.04. The second-order valence-electron chi connectivity index (χ2n) is 3.68. The first-order valence-electron chi connectivity index (χ1n) is 5.15. The smallest absolute Gasteiger partial charge is 0.0761 e. The van der Waals surface area contributed by atoms with Crippen LogP contribution in [0.4, 0.5) is 0 Å². The van der Waals surface area contributed by atoms with Gasteiger partial charge < -0.3 is 5.32 Å². The second-order valence-corrected chi connectivity index (χ2v) is 4.17. The van der Waals surface area contributed by atoms with Crippen molar-refractivity contribution in [3.8, 4) is 0 Å². The van der Waals surface area contributed by atoms with Gasteiger partial charge in [-0.05, 0) is 11.5 Å². The standard InChI is InChI=1S/C13H17NS/c1-3-11(2)9-13(15)14-10-12-7-5-4-6-8-12/h3-8,11H,1,9-10H2,2H3,(H,14,15). The lowest BCUT2D eigenvalue weighted by Gasteiger charge is -2.10. The van der Waals surface area contributed by atoms with Crippen molar-refractivity contribution >= 4 is 17.2 Å². The highest BCUT2D eigenvalue weighted by atomic mass is 32.1. The summed E-state index contributed by atoms with van der Waals surface area (Å²) in [5.74, 6) is 0.445. The molecule has 0 aliphatic carbocycles. The zero-order valence-corrected chi connectivity index (χ0v) is 9.89. The van der Waals surface area contributed by atoms with E-state index >= 15 is 0 Å². The van der Waals surface area contributed by atoms with Crippen LogP contribution in [0.3, 0.4) is 0 Å². The quantitative estimate of drug-likeness (QED) is 0.602. The minimum atomic E-state index is 0.445. The monoisotopic (exact) mass is 219 g/mol. The number of hydrogen-bond donors (Lipinski definition) is 1. The summed E-state index contributed by atoms with van der Waals surface area (Å²) in [6.45, 7) is 6.67. The molecule has 1 rings (SSSR count). The number of nitrogens with one attached hydrogen (secondary N) is 1. The molecule has 0 aliphatic rings. The second kappa shape index (κ2) is 6.36. The van der Waals surface area contributed by atoms with E-state index in [9.17, 15) is 0 Å². The topological polar surface area (TPSA) is 12.0 Å². The number of allylic oxidation sites excluding steroid dienone is 1. The molecule has 1 unspecified atom stereocenters. The van der Waals surface area contributed by atoms with E-state index < -0.39 is 0 Å². The zero-order chi connectivity index (χ0) is 11.1. The fourth-order valence-electron chi connectivity index (χ4n) is 1.24. The van der Waals surface area contributed by atoms with Gasteiger partial charge >= 0.3 is 0 Å². The summed E-state index contributed by atoms with van der Waals surface area (Å²) in [4.78, 5) is 0.909. The highest BCUT2D eigenvalue weighted by Gasteiger charge is 2.01. The Balaban J connectivity index is 2.31. The maximum Gasteiger partial charge on any atom is 0.0761 e. The van der Waals surface area contributed by atoms with Crippen LogP contribution >= 0.6 is 12.2 Å². The Morgan fingerprint density at radius 1 is 1.47 bits per heavy atom. The van der Waals surface area contributed by atoms with E-state index in [4.69, 9.17) is 12.2 Å². The first kappa shape index (κ1) is 11.9. The average Bonchev–Trinajstić information content (AvgIpc) is 2.27. The summed E-state index contributed by atoms with van der Waals surface area (Å²) >= 11 is 5.24. The van der Waals surface area contributed by atoms with Gasteiger partial charge in [0.05, 0.1) is 4.99 Å². The van der Waals surface area contributed by atoms with Gasteiger partial charge in [-0.3, -0.25) is 0 Å². The summed E-state index contributed by atoms with van der Waals surface area (Å²) < 4.78 is 0. The van der Waals surface area contributed by atoms with E-state index in [1.54, 1.807) is 0 Å². The lowest BCUT2D eigenvalue weighted by molar-refractivity contribution is 0.749. The summed E-state index contributed by atoms with van der Waals surface area (Å²) in [5, 5.41) is 3.25. The first-order valence-corrected chi connectivity index (χ1v) is 5.56. The van der Waals surface area contributed by atoms with Crippen molar-refractivity contribution in [2.45, 2.75) is 19.9 Å². The molecule has 0 saturated carbocycles. The van der Waals surface area contributed by atoms with Crippen LogP contribution in [0, 0.1) is 5.92 Å². The van der Waals surface area contributed by atoms with Crippen LogP contribution in [0.25, 0.3) is 0 Å². The van der Waals surface area contributed by atoms with Crippen molar-refractivity contribution < 1.29 is 0 Å². The average molecular weight is 219 g/mol. The summed E-state index contributed by atoms with van der Waals surface area (Å²) in [5.41, 5.74) is 1.26. The van der Waals surface area contributed by atoms with Gasteiger partial charge in [-0.2, -0.15) is 0 Å². The SMILES string of the molecule is C=CC(C)CC(=S)NCc1ccccc1. The number of hydrogen-bond acceptors (Lipinski definition) is 1. The van der Waals surface area contributed by atoms with Gasteiger partial charge in [-0.25, -0.2) is 0 Å². The molecule has 1 atom stereocenters. The van der Waals surface area contributed by atoms with Crippen molar-refractivity contribution in [1.82, 2.24) is 5.32 Å². The minimum absolute atomic E-state index is 0.445. The molecular formula is C13H17NS. The molecule has 2 heteroatoms. The maximum atomic E-state index is 5.24. The van der Waals surface area contributed by atoms with Crippen molar-refractivity contribution in [3.63, 3.8) is 0 Å². The lowest BCUT2D eigenvalue weighted by Crippen LogP contribution is -2.22. The normalized spacial score (nSPS) is 11.8. The third kappa shape index (κ3) is 4.75. The van der Waals surface area contributed by atoms with Crippen molar-refractivity contribution in [3.05, 3.63) is 48.6 Å². The van der Waals surface area contributed by atoms with Gasteiger partial charge in [-0.1, -0.05) is 55.5 Å². The lowest BCUT2D eigenvalue weighted by atomic mass is 10.1. The fourth-order valence-corrected chi connectivity index (χ4v) is 1.58. The Morgan fingerprint density at radius 3 is 2.73 bits per heavy atom. The first-order chi connectivity index (χ1) is 7.22. The molecule has 0 aliphatic heterocycles. The summed E-state index contributed by atoms with van der Waals surface area (Å²) in [6.07, 6.45) is 2.81. The Labute approximate surface area is 97.2 Å². The van der Waals surface area contributed by atoms with Crippen LogP contribution in [0.1, 0.15) is 18.9 Å². The number of rotatable bonds is 5. The van der Waals surface area contributed by atoms with E-state index in [0.29, 0.717) is 5.92 Å². The Hall–Kier alpha value is -1.15. The minimum Gasteiger partial charge on any atom is -0.376 e. The highest BCUT2D eigenvalue weighted by molar-refractivity contribution is 7.80. The van der Waals surface area contributed by atoms with E-state index in [2.05, 4.69) is 31.0 Å². The molecule has 1 aromatic rings. The number of benzene rings is 1. The van der Waals surface area contributed by atoms with E-state index in [1.807, 2.05) is 24.3 Å². The predicted octanol–water partition coefficient (Wildman–Crippen LogP) is 3.32. The molecule has 0 saturated heterocycles. The Bertz CT molecular complexity index is 319. The van der Waals surface area contributed by atoms with Gasteiger partial charge in [0.2, 0.25) is 0 Å². The molecule has 80 valence electrons. The molecular weight excluding hydrogens is 202 g/mol. The van der Waals surface area contributed by atoms with Gasteiger partial charge in [0.25, 0.3) is 0 Å². The van der Waals surface area contributed by atoms with Crippen molar-refractivity contribution in [2.24, 2.45) is 5.92 Å².